The lowest BCUT2D eigenvalue weighted by Crippen LogP contribution is -2.45. The first kappa shape index (κ1) is 16.0. The van der Waals surface area contributed by atoms with E-state index in [9.17, 15) is 0 Å². The lowest BCUT2D eigenvalue weighted by Gasteiger charge is -2.40. The van der Waals surface area contributed by atoms with E-state index >= 15 is 0 Å². The van der Waals surface area contributed by atoms with Gasteiger partial charge in [0.15, 0.2) is 0 Å². The average molecular weight is 340 g/mol. The maximum atomic E-state index is 6.36. The third-order valence-electron chi connectivity index (χ3n) is 4.53. The summed E-state index contributed by atoms with van der Waals surface area (Å²) in [6, 6.07) is 8.40. The number of likely N-dealkylation sites (N-methyl/N-ethyl adjacent to an activating group) is 1. The van der Waals surface area contributed by atoms with Crippen LogP contribution in [0, 0.1) is 5.92 Å². The van der Waals surface area contributed by atoms with Crippen molar-refractivity contribution in [1.29, 1.82) is 0 Å². The van der Waals surface area contributed by atoms with Crippen LogP contribution in [0.15, 0.2) is 28.7 Å². The Morgan fingerprint density at radius 3 is 2.70 bits per heavy atom. The van der Waals surface area contributed by atoms with Gasteiger partial charge in [-0.1, -0.05) is 41.4 Å². The highest BCUT2D eigenvalue weighted by molar-refractivity contribution is 9.10. The molecule has 0 aliphatic heterocycles. The molecule has 2 rings (SSSR count). The molecule has 0 saturated heterocycles. The largest absolute Gasteiger partial charge is 0.369 e. The van der Waals surface area contributed by atoms with Crippen LogP contribution in [0.25, 0.3) is 0 Å². The van der Waals surface area contributed by atoms with Crippen molar-refractivity contribution in [3.8, 4) is 0 Å². The van der Waals surface area contributed by atoms with Crippen LogP contribution in [0.5, 0.6) is 0 Å². The molecule has 1 fully saturated rings. The summed E-state index contributed by atoms with van der Waals surface area (Å²) in [4.78, 5) is 0. The highest BCUT2D eigenvalue weighted by Gasteiger charge is 2.35. The Bertz CT molecular complexity index is 413. The van der Waals surface area contributed by atoms with Gasteiger partial charge < -0.3 is 10.1 Å². The molecule has 0 radical (unpaired) electrons. The second-order valence-electron chi connectivity index (χ2n) is 5.98. The van der Waals surface area contributed by atoms with E-state index in [2.05, 4.69) is 52.4 Å². The second kappa shape index (κ2) is 7.58. The summed E-state index contributed by atoms with van der Waals surface area (Å²) in [6.45, 7) is 3.97. The molecule has 0 spiro atoms. The topological polar surface area (TPSA) is 21.3 Å². The van der Waals surface area contributed by atoms with Crippen LogP contribution in [0.4, 0.5) is 0 Å². The van der Waals surface area contributed by atoms with Gasteiger partial charge >= 0.3 is 0 Å². The minimum absolute atomic E-state index is 0.0305. The smallest absolute Gasteiger partial charge is 0.0810 e. The minimum atomic E-state index is 0.0305. The zero-order valence-corrected chi connectivity index (χ0v) is 14.2. The summed E-state index contributed by atoms with van der Waals surface area (Å²) in [5, 5.41) is 3.32. The Kier molecular flexibility index (Phi) is 6.06. The molecule has 0 amide bonds. The number of rotatable bonds is 6. The summed E-state index contributed by atoms with van der Waals surface area (Å²) in [6.07, 6.45) is 6.27. The van der Waals surface area contributed by atoms with Crippen LogP contribution in [-0.4, -0.2) is 19.2 Å². The van der Waals surface area contributed by atoms with E-state index in [-0.39, 0.29) is 5.60 Å². The molecule has 0 atom stereocenters. The number of benzene rings is 1. The molecule has 0 unspecified atom stereocenters. The number of halogens is 1. The van der Waals surface area contributed by atoms with E-state index in [1.54, 1.807) is 0 Å². The maximum Gasteiger partial charge on any atom is 0.0810 e. The van der Waals surface area contributed by atoms with Gasteiger partial charge in [-0.15, -0.1) is 0 Å². The zero-order valence-electron chi connectivity index (χ0n) is 12.6. The molecule has 0 aromatic heterocycles. The summed E-state index contributed by atoms with van der Waals surface area (Å²) in [5.41, 5.74) is 1.27. The van der Waals surface area contributed by atoms with Gasteiger partial charge in [0, 0.05) is 11.0 Å². The number of ether oxygens (including phenoxy) is 1. The fourth-order valence-electron chi connectivity index (χ4n) is 3.17. The van der Waals surface area contributed by atoms with Gasteiger partial charge in [-0.05, 0) is 56.3 Å². The molecular formula is C17H26BrNO. The van der Waals surface area contributed by atoms with E-state index in [4.69, 9.17) is 4.74 Å². The van der Waals surface area contributed by atoms with Crippen LogP contribution < -0.4 is 5.32 Å². The summed E-state index contributed by atoms with van der Waals surface area (Å²) < 4.78 is 7.48. The maximum absolute atomic E-state index is 6.36. The van der Waals surface area contributed by atoms with Gasteiger partial charge in [-0.3, -0.25) is 0 Å². The van der Waals surface area contributed by atoms with Crippen molar-refractivity contribution in [2.45, 2.75) is 51.2 Å². The lowest BCUT2D eigenvalue weighted by molar-refractivity contribution is -0.0853. The first-order chi connectivity index (χ1) is 9.67. The summed E-state index contributed by atoms with van der Waals surface area (Å²) >= 11 is 3.52. The van der Waals surface area contributed by atoms with Gasteiger partial charge in [-0.2, -0.15) is 0 Å². The summed E-state index contributed by atoms with van der Waals surface area (Å²) in [7, 11) is 2.02. The van der Waals surface area contributed by atoms with Gasteiger partial charge in [0.25, 0.3) is 0 Å². The van der Waals surface area contributed by atoms with E-state index in [1.807, 2.05) is 7.05 Å². The Labute approximate surface area is 131 Å². The Balaban J connectivity index is 1.95. The van der Waals surface area contributed by atoms with Crippen LogP contribution >= 0.6 is 15.9 Å². The van der Waals surface area contributed by atoms with Crippen molar-refractivity contribution in [3.63, 3.8) is 0 Å². The van der Waals surface area contributed by atoms with Crippen LogP contribution in [0.1, 0.15) is 44.6 Å². The number of nitrogens with one attached hydrogen (secondary N) is 1. The molecule has 0 heterocycles. The predicted molar refractivity (Wildman–Crippen MR) is 87.8 cm³/mol. The normalized spacial score (nSPS) is 26.6. The molecule has 1 aliphatic carbocycles. The molecule has 2 nitrogen and oxygen atoms in total. The van der Waals surface area contributed by atoms with Crippen molar-refractivity contribution < 1.29 is 4.74 Å². The molecule has 1 aromatic rings. The monoisotopic (exact) mass is 339 g/mol. The molecule has 1 aliphatic rings. The number of hydrogen-bond acceptors (Lipinski definition) is 2. The fourth-order valence-corrected chi connectivity index (χ4v) is 3.62. The van der Waals surface area contributed by atoms with Crippen molar-refractivity contribution in [3.05, 3.63) is 34.3 Å². The van der Waals surface area contributed by atoms with Crippen molar-refractivity contribution >= 4 is 15.9 Å². The molecular weight excluding hydrogens is 314 g/mol. The van der Waals surface area contributed by atoms with Crippen molar-refractivity contribution in [2.75, 3.05) is 13.6 Å². The third-order valence-corrected chi connectivity index (χ3v) is 5.02. The Morgan fingerprint density at radius 1 is 1.35 bits per heavy atom. The van der Waals surface area contributed by atoms with E-state index in [0.29, 0.717) is 6.61 Å². The minimum Gasteiger partial charge on any atom is -0.369 e. The fraction of sp³-hybridized carbons (Fsp3) is 0.647. The van der Waals surface area contributed by atoms with Gasteiger partial charge in [0.1, 0.15) is 0 Å². The van der Waals surface area contributed by atoms with E-state index in [1.165, 1.54) is 37.7 Å². The second-order valence-corrected chi connectivity index (χ2v) is 6.90. The highest BCUT2D eigenvalue weighted by atomic mass is 79.9. The number of hydrogen-bond donors (Lipinski definition) is 1. The quantitative estimate of drug-likeness (QED) is 0.822. The van der Waals surface area contributed by atoms with Crippen molar-refractivity contribution in [1.82, 2.24) is 5.32 Å². The molecule has 112 valence electrons. The Hall–Kier alpha value is -0.380. The molecule has 0 bridgehead atoms. The van der Waals surface area contributed by atoms with Gasteiger partial charge in [0.05, 0.1) is 12.2 Å². The van der Waals surface area contributed by atoms with Gasteiger partial charge in [0.2, 0.25) is 0 Å². The molecule has 1 aromatic carbocycles. The molecule has 1 N–H and O–H groups in total. The van der Waals surface area contributed by atoms with Gasteiger partial charge in [-0.25, -0.2) is 0 Å². The van der Waals surface area contributed by atoms with Crippen LogP contribution in [0.2, 0.25) is 0 Å². The Morgan fingerprint density at radius 2 is 2.10 bits per heavy atom. The van der Waals surface area contributed by atoms with E-state index in [0.717, 1.165) is 16.9 Å². The molecule has 1 saturated carbocycles. The standard InChI is InChI=1S/C17H26BrNO/c1-3-14-7-9-17(10-8-14,13-19-2)20-12-15-5-4-6-16(18)11-15/h4-6,11,14,19H,3,7-10,12-13H2,1-2H3. The molecule has 20 heavy (non-hydrogen) atoms. The highest BCUT2D eigenvalue weighted by Crippen LogP contribution is 2.36. The average Bonchev–Trinajstić information content (AvgIpc) is 2.47. The van der Waals surface area contributed by atoms with Crippen LogP contribution in [-0.2, 0) is 11.3 Å². The molecule has 3 heteroatoms. The third kappa shape index (κ3) is 4.31. The SMILES string of the molecule is CCC1CCC(CNC)(OCc2cccc(Br)c2)CC1. The zero-order chi connectivity index (χ0) is 14.4. The first-order valence-electron chi connectivity index (χ1n) is 7.70. The first-order valence-corrected chi connectivity index (χ1v) is 8.50. The summed E-state index contributed by atoms with van der Waals surface area (Å²) in [5.74, 6) is 0.898. The van der Waals surface area contributed by atoms with Crippen LogP contribution in [0.3, 0.4) is 0 Å². The predicted octanol–water partition coefficient (Wildman–Crippen LogP) is 4.52. The lowest BCUT2D eigenvalue weighted by atomic mass is 9.77. The van der Waals surface area contributed by atoms with Crippen molar-refractivity contribution in [2.24, 2.45) is 5.92 Å². The van der Waals surface area contributed by atoms with E-state index < -0.39 is 0 Å².